The van der Waals surface area contributed by atoms with Gasteiger partial charge in [-0.25, -0.2) is 4.79 Å². The van der Waals surface area contributed by atoms with Crippen molar-refractivity contribution < 1.29 is 34.2 Å². The molecule has 0 spiro atoms. The molecule has 0 saturated heterocycles. The number of carboxylic acids is 1. The van der Waals surface area contributed by atoms with Crippen LogP contribution < -0.4 is 27.4 Å². The number of nitrogens with two attached hydrogens (primary N) is 2. The van der Waals surface area contributed by atoms with Crippen LogP contribution in [0.25, 0.3) is 0 Å². The van der Waals surface area contributed by atoms with Crippen LogP contribution in [0.2, 0.25) is 0 Å². The van der Waals surface area contributed by atoms with E-state index in [0.29, 0.717) is 11.1 Å². The van der Waals surface area contributed by atoms with E-state index in [-0.39, 0.29) is 18.6 Å². The minimum absolute atomic E-state index is 0.0166. The maximum absolute atomic E-state index is 13.0. The maximum atomic E-state index is 13.0. The van der Waals surface area contributed by atoms with Crippen molar-refractivity contribution in [2.24, 2.45) is 11.5 Å². The van der Waals surface area contributed by atoms with Gasteiger partial charge in [0.2, 0.25) is 23.6 Å². The largest absolute Gasteiger partial charge is 0.508 e. The summed E-state index contributed by atoms with van der Waals surface area (Å²) in [5.41, 5.74) is 11.8. The van der Waals surface area contributed by atoms with Gasteiger partial charge in [0.25, 0.3) is 0 Å². The highest BCUT2D eigenvalue weighted by molar-refractivity contribution is 5.93. The van der Waals surface area contributed by atoms with Crippen molar-refractivity contribution in [1.29, 1.82) is 0 Å². The molecular formula is C24H29N5O7. The van der Waals surface area contributed by atoms with E-state index in [9.17, 15) is 34.2 Å². The van der Waals surface area contributed by atoms with Gasteiger partial charge in [0, 0.05) is 12.8 Å². The highest BCUT2D eigenvalue weighted by Gasteiger charge is 2.27. The van der Waals surface area contributed by atoms with E-state index in [1.54, 1.807) is 30.3 Å². The molecule has 2 aromatic carbocycles. The van der Waals surface area contributed by atoms with Crippen LogP contribution in [0.3, 0.4) is 0 Å². The number of carbonyl (C=O) groups is 5. The summed E-state index contributed by atoms with van der Waals surface area (Å²) >= 11 is 0. The number of amides is 4. The number of hydrogen-bond acceptors (Lipinski definition) is 7. The molecule has 3 atom stereocenters. The Balaban J connectivity index is 2.08. The van der Waals surface area contributed by atoms with E-state index in [1.807, 2.05) is 0 Å². The zero-order valence-corrected chi connectivity index (χ0v) is 19.3. The number of hydrogen-bond donors (Lipinski definition) is 7. The van der Waals surface area contributed by atoms with Crippen LogP contribution in [0.15, 0.2) is 54.6 Å². The first-order valence-corrected chi connectivity index (χ1v) is 11.0. The number of phenols is 1. The SMILES string of the molecule is NC(=O)CC(N)C(=O)NCC(=O)NC(Cc1ccccc1)C(=O)NC(Cc1ccc(O)cc1)C(=O)O. The van der Waals surface area contributed by atoms with E-state index in [0.717, 1.165) is 0 Å². The Kier molecular flexibility index (Phi) is 10.4. The summed E-state index contributed by atoms with van der Waals surface area (Å²) in [4.78, 5) is 60.1. The number of aliphatic carboxylic acids is 1. The number of carboxylic acid groups (broad SMARTS) is 1. The Bertz CT molecular complexity index is 1080. The third-order valence-electron chi connectivity index (χ3n) is 5.11. The number of primary amides is 1. The normalized spacial score (nSPS) is 13.0. The summed E-state index contributed by atoms with van der Waals surface area (Å²) in [7, 11) is 0. The average Bonchev–Trinajstić information content (AvgIpc) is 2.83. The van der Waals surface area contributed by atoms with Crippen molar-refractivity contribution in [2.45, 2.75) is 37.4 Å². The molecule has 3 unspecified atom stereocenters. The van der Waals surface area contributed by atoms with Gasteiger partial charge in [-0.05, 0) is 23.3 Å². The fraction of sp³-hybridized carbons (Fsp3) is 0.292. The molecule has 0 aromatic heterocycles. The summed E-state index contributed by atoms with van der Waals surface area (Å²) < 4.78 is 0. The molecule has 12 heteroatoms. The van der Waals surface area contributed by atoms with Gasteiger partial charge in [-0.3, -0.25) is 19.2 Å². The van der Waals surface area contributed by atoms with E-state index in [4.69, 9.17) is 11.5 Å². The molecule has 2 rings (SSSR count). The third kappa shape index (κ3) is 9.43. The molecule has 0 aliphatic rings. The quantitative estimate of drug-likeness (QED) is 0.173. The van der Waals surface area contributed by atoms with Crippen LogP contribution >= 0.6 is 0 Å². The Labute approximate surface area is 207 Å². The average molecular weight is 500 g/mol. The summed E-state index contributed by atoms with van der Waals surface area (Å²) in [6, 6.07) is 10.9. The predicted octanol–water partition coefficient (Wildman–Crippen LogP) is -1.45. The smallest absolute Gasteiger partial charge is 0.326 e. The van der Waals surface area contributed by atoms with Gasteiger partial charge in [0.15, 0.2) is 0 Å². The Morgan fingerprint density at radius 2 is 1.39 bits per heavy atom. The summed E-state index contributed by atoms with van der Waals surface area (Å²) in [6.45, 7) is -0.528. The lowest BCUT2D eigenvalue weighted by Crippen LogP contribution is -2.55. The molecule has 0 bridgehead atoms. The Morgan fingerprint density at radius 1 is 0.806 bits per heavy atom. The zero-order chi connectivity index (χ0) is 26.7. The van der Waals surface area contributed by atoms with Crippen LogP contribution in [0.5, 0.6) is 5.75 Å². The van der Waals surface area contributed by atoms with Crippen molar-refractivity contribution in [3.05, 3.63) is 65.7 Å². The van der Waals surface area contributed by atoms with Crippen molar-refractivity contribution in [3.63, 3.8) is 0 Å². The van der Waals surface area contributed by atoms with Gasteiger partial charge in [-0.15, -0.1) is 0 Å². The van der Waals surface area contributed by atoms with Gasteiger partial charge in [-0.1, -0.05) is 42.5 Å². The fourth-order valence-electron chi connectivity index (χ4n) is 3.25. The molecule has 36 heavy (non-hydrogen) atoms. The number of carbonyl (C=O) groups excluding carboxylic acids is 4. The van der Waals surface area contributed by atoms with Crippen LogP contribution in [0.4, 0.5) is 0 Å². The second kappa shape index (κ2) is 13.4. The Morgan fingerprint density at radius 3 is 1.97 bits per heavy atom. The number of aromatic hydroxyl groups is 1. The minimum atomic E-state index is -1.30. The zero-order valence-electron chi connectivity index (χ0n) is 19.3. The van der Waals surface area contributed by atoms with Crippen LogP contribution in [-0.2, 0) is 36.8 Å². The van der Waals surface area contributed by atoms with Crippen LogP contribution in [0.1, 0.15) is 17.5 Å². The van der Waals surface area contributed by atoms with Gasteiger partial charge in [0.05, 0.1) is 19.0 Å². The Hall–Kier alpha value is -4.45. The van der Waals surface area contributed by atoms with E-state index < -0.39 is 60.7 Å². The lowest BCUT2D eigenvalue weighted by Gasteiger charge is -2.22. The second-order valence-corrected chi connectivity index (χ2v) is 8.07. The maximum Gasteiger partial charge on any atom is 0.326 e. The second-order valence-electron chi connectivity index (χ2n) is 8.07. The van der Waals surface area contributed by atoms with Gasteiger partial charge < -0.3 is 37.6 Å². The van der Waals surface area contributed by atoms with Crippen LogP contribution in [-0.4, -0.2) is 64.5 Å². The summed E-state index contributed by atoms with van der Waals surface area (Å²) in [5.74, 6) is -4.28. The fourth-order valence-corrected chi connectivity index (χ4v) is 3.25. The summed E-state index contributed by atoms with van der Waals surface area (Å²) in [5, 5.41) is 26.2. The van der Waals surface area contributed by atoms with E-state index >= 15 is 0 Å². The highest BCUT2D eigenvalue weighted by atomic mass is 16.4. The molecule has 12 nitrogen and oxygen atoms in total. The highest BCUT2D eigenvalue weighted by Crippen LogP contribution is 2.12. The van der Waals surface area contributed by atoms with Gasteiger partial charge in [0.1, 0.15) is 17.8 Å². The third-order valence-corrected chi connectivity index (χ3v) is 5.11. The molecule has 0 heterocycles. The number of benzene rings is 2. The molecule has 192 valence electrons. The number of nitrogens with one attached hydrogen (secondary N) is 3. The lowest BCUT2D eigenvalue weighted by molar-refractivity contribution is -0.142. The van der Waals surface area contributed by atoms with Crippen molar-refractivity contribution >= 4 is 29.6 Å². The standard InChI is InChI=1S/C24H29N5O7/c25-17(12-20(26)31)22(33)27-13-21(32)28-18(10-14-4-2-1-3-5-14)23(34)29-19(24(35)36)11-15-6-8-16(30)9-7-15/h1-9,17-19,30H,10-13,25H2,(H2,26,31)(H,27,33)(H,28,32)(H,29,34)(H,35,36). The lowest BCUT2D eigenvalue weighted by atomic mass is 10.0. The molecular weight excluding hydrogens is 470 g/mol. The predicted molar refractivity (Wildman–Crippen MR) is 128 cm³/mol. The van der Waals surface area contributed by atoms with Crippen molar-refractivity contribution in [1.82, 2.24) is 16.0 Å². The molecule has 0 saturated carbocycles. The monoisotopic (exact) mass is 499 g/mol. The first-order chi connectivity index (χ1) is 17.0. The van der Waals surface area contributed by atoms with E-state index in [2.05, 4.69) is 16.0 Å². The first-order valence-electron chi connectivity index (χ1n) is 11.0. The minimum Gasteiger partial charge on any atom is -0.508 e. The number of rotatable bonds is 13. The van der Waals surface area contributed by atoms with Crippen molar-refractivity contribution in [2.75, 3.05) is 6.54 Å². The summed E-state index contributed by atoms with van der Waals surface area (Å²) in [6.07, 6.45) is -0.398. The first kappa shape index (κ1) is 27.8. The van der Waals surface area contributed by atoms with Crippen molar-refractivity contribution in [3.8, 4) is 5.75 Å². The van der Waals surface area contributed by atoms with Gasteiger partial charge in [-0.2, -0.15) is 0 Å². The molecule has 2 aromatic rings. The molecule has 9 N–H and O–H groups in total. The van der Waals surface area contributed by atoms with E-state index in [1.165, 1.54) is 24.3 Å². The molecule has 0 aliphatic carbocycles. The molecule has 0 radical (unpaired) electrons. The van der Waals surface area contributed by atoms with Crippen LogP contribution in [0, 0.1) is 0 Å². The molecule has 0 aliphatic heterocycles. The topological polar surface area (TPSA) is 214 Å². The molecule has 0 fully saturated rings. The van der Waals surface area contributed by atoms with Gasteiger partial charge >= 0.3 is 5.97 Å². The molecule has 4 amide bonds. The number of phenolic OH excluding ortho intramolecular Hbond substituents is 1.